The Bertz CT molecular complexity index is 417. The van der Waals surface area contributed by atoms with Gasteiger partial charge in [-0.1, -0.05) is 12.1 Å². The molecule has 3 nitrogen and oxygen atoms in total. The predicted octanol–water partition coefficient (Wildman–Crippen LogP) is 3.34. The van der Waals surface area contributed by atoms with Crippen molar-refractivity contribution in [1.82, 2.24) is 10.2 Å². The molecular formula is C13H18Cl2F4N2O. The molecule has 0 aliphatic carbocycles. The molecule has 0 spiro atoms. The normalized spacial score (nSPS) is 16.8. The number of piperazine rings is 1. The summed E-state index contributed by atoms with van der Waals surface area (Å²) in [5.74, 6) is -0.0305. The molecule has 0 unspecified atom stereocenters. The maximum absolute atomic E-state index is 13.3. The Morgan fingerprint density at radius 3 is 1.95 bits per heavy atom. The smallest absolute Gasteiger partial charge is 0.387 e. The Hall–Kier alpha value is -0.760. The van der Waals surface area contributed by atoms with Gasteiger partial charge in [0.25, 0.3) is 6.43 Å². The molecule has 1 heterocycles. The van der Waals surface area contributed by atoms with Crippen molar-refractivity contribution >= 4 is 24.8 Å². The predicted molar refractivity (Wildman–Crippen MR) is 80.8 cm³/mol. The molecule has 1 aliphatic rings. The topological polar surface area (TPSA) is 24.5 Å². The lowest BCUT2D eigenvalue weighted by Crippen LogP contribution is -2.46. The molecule has 0 radical (unpaired) electrons. The Morgan fingerprint density at radius 2 is 1.50 bits per heavy atom. The van der Waals surface area contributed by atoms with Crippen molar-refractivity contribution in [2.75, 3.05) is 26.2 Å². The number of nitrogens with zero attached hydrogens (tertiary/aromatic N) is 1. The van der Waals surface area contributed by atoms with Crippen LogP contribution in [0.25, 0.3) is 0 Å². The summed E-state index contributed by atoms with van der Waals surface area (Å²) in [6.45, 7) is -0.528. The van der Waals surface area contributed by atoms with Crippen molar-refractivity contribution in [2.24, 2.45) is 0 Å². The zero-order valence-electron chi connectivity index (χ0n) is 11.6. The van der Waals surface area contributed by atoms with E-state index in [1.54, 1.807) is 4.90 Å². The van der Waals surface area contributed by atoms with Crippen molar-refractivity contribution < 1.29 is 22.3 Å². The Labute approximate surface area is 138 Å². The van der Waals surface area contributed by atoms with Gasteiger partial charge < -0.3 is 10.1 Å². The second-order valence-corrected chi connectivity index (χ2v) is 4.51. The van der Waals surface area contributed by atoms with Crippen molar-refractivity contribution in [3.05, 3.63) is 29.8 Å². The number of alkyl halides is 4. The number of benzene rings is 1. The van der Waals surface area contributed by atoms with Crippen molar-refractivity contribution in [3.8, 4) is 5.75 Å². The third kappa shape index (κ3) is 5.79. The van der Waals surface area contributed by atoms with E-state index in [4.69, 9.17) is 0 Å². The molecule has 128 valence electrons. The van der Waals surface area contributed by atoms with Crippen LogP contribution in [0.1, 0.15) is 11.6 Å². The summed E-state index contributed by atoms with van der Waals surface area (Å²) in [6, 6.07) is 4.39. The van der Waals surface area contributed by atoms with Gasteiger partial charge in [0.1, 0.15) is 5.75 Å². The molecule has 0 saturated carbocycles. The average molecular weight is 365 g/mol. The highest BCUT2D eigenvalue weighted by atomic mass is 35.5. The summed E-state index contributed by atoms with van der Waals surface area (Å²) >= 11 is 0. The van der Waals surface area contributed by atoms with Crippen LogP contribution in [-0.4, -0.2) is 44.1 Å². The van der Waals surface area contributed by atoms with Crippen LogP contribution in [-0.2, 0) is 0 Å². The second kappa shape index (κ2) is 10.1. The van der Waals surface area contributed by atoms with E-state index in [1.807, 2.05) is 0 Å². The van der Waals surface area contributed by atoms with E-state index in [1.165, 1.54) is 24.3 Å². The fraction of sp³-hybridized carbons (Fsp3) is 0.538. The van der Waals surface area contributed by atoms with Crippen LogP contribution >= 0.6 is 24.8 Å². The molecule has 9 heteroatoms. The van der Waals surface area contributed by atoms with Gasteiger partial charge in [-0.3, -0.25) is 4.90 Å². The molecule has 2 rings (SSSR count). The summed E-state index contributed by atoms with van der Waals surface area (Å²) in [6.07, 6.45) is -2.53. The quantitative estimate of drug-likeness (QED) is 0.811. The number of hydrogen-bond donors (Lipinski definition) is 1. The first-order valence-corrected chi connectivity index (χ1v) is 6.35. The van der Waals surface area contributed by atoms with Crippen LogP contribution < -0.4 is 10.1 Å². The zero-order chi connectivity index (χ0) is 14.5. The molecule has 1 saturated heterocycles. The van der Waals surface area contributed by atoms with E-state index >= 15 is 0 Å². The monoisotopic (exact) mass is 364 g/mol. The largest absolute Gasteiger partial charge is 0.435 e. The van der Waals surface area contributed by atoms with E-state index in [0.29, 0.717) is 31.7 Å². The Kier molecular flexibility index (Phi) is 9.75. The summed E-state index contributed by atoms with van der Waals surface area (Å²) < 4.78 is 54.8. The molecule has 1 aromatic carbocycles. The van der Waals surface area contributed by atoms with Crippen LogP contribution in [0.15, 0.2) is 24.3 Å². The highest BCUT2D eigenvalue weighted by molar-refractivity contribution is 5.85. The zero-order valence-corrected chi connectivity index (χ0v) is 13.2. The molecule has 1 aromatic rings. The van der Waals surface area contributed by atoms with E-state index in [0.717, 1.165) is 0 Å². The molecule has 1 aliphatic heterocycles. The van der Waals surface area contributed by atoms with Crippen LogP contribution in [0, 0.1) is 0 Å². The lowest BCUT2D eigenvalue weighted by molar-refractivity contribution is -0.0499. The summed E-state index contributed by atoms with van der Waals surface area (Å²) in [7, 11) is 0. The number of hydrogen-bond acceptors (Lipinski definition) is 3. The standard InChI is InChI=1S/C13H16F4N2O.2ClH/c14-12(15)11(19-7-5-18-6-8-19)9-1-3-10(4-2-9)20-13(16)17;;/h1-4,11-13,18H,5-8H2;2*1H/t11-;;/m1../s1. The van der Waals surface area contributed by atoms with E-state index in [9.17, 15) is 17.6 Å². The minimum absolute atomic E-state index is 0. The van der Waals surface area contributed by atoms with Crippen LogP contribution in [0.5, 0.6) is 5.75 Å². The maximum atomic E-state index is 13.3. The maximum Gasteiger partial charge on any atom is 0.387 e. The average Bonchev–Trinajstić information content (AvgIpc) is 2.41. The van der Waals surface area contributed by atoms with E-state index in [-0.39, 0.29) is 30.6 Å². The second-order valence-electron chi connectivity index (χ2n) is 4.51. The molecule has 1 fully saturated rings. The molecule has 22 heavy (non-hydrogen) atoms. The lowest BCUT2D eigenvalue weighted by Gasteiger charge is -2.34. The number of nitrogens with one attached hydrogen (secondary N) is 1. The summed E-state index contributed by atoms with van der Waals surface area (Å²) in [5.41, 5.74) is 0.406. The molecule has 0 bridgehead atoms. The Morgan fingerprint density at radius 1 is 0.955 bits per heavy atom. The first-order valence-electron chi connectivity index (χ1n) is 6.35. The fourth-order valence-electron chi connectivity index (χ4n) is 2.32. The van der Waals surface area contributed by atoms with Gasteiger partial charge in [-0.2, -0.15) is 8.78 Å². The Balaban J connectivity index is 0.00000220. The van der Waals surface area contributed by atoms with E-state index < -0.39 is 19.1 Å². The molecular weight excluding hydrogens is 347 g/mol. The van der Waals surface area contributed by atoms with Gasteiger partial charge in [0.2, 0.25) is 0 Å². The number of ether oxygens (including phenoxy) is 1. The van der Waals surface area contributed by atoms with Gasteiger partial charge in [0.15, 0.2) is 0 Å². The van der Waals surface area contributed by atoms with Crippen LogP contribution in [0.4, 0.5) is 17.6 Å². The van der Waals surface area contributed by atoms with Gasteiger partial charge in [-0.15, -0.1) is 24.8 Å². The third-order valence-electron chi connectivity index (χ3n) is 3.23. The van der Waals surface area contributed by atoms with Gasteiger partial charge in [-0.25, -0.2) is 8.78 Å². The molecule has 1 atom stereocenters. The van der Waals surface area contributed by atoms with Crippen LogP contribution in [0.2, 0.25) is 0 Å². The van der Waals surface area contributed by atoms with Crippen LogP contribution in [0.3, 0.4) is 0 Å². The first kappa shape index (κ1) is 21.2. The molecule has 0 amide bonds. The van der Waals surface area contributed by atoms with Crippen molar-refractivity contribution in [3.63, 3.8) is 0 Å². The van der Waals surface area contributed by atoms with Gasteiger partial charge in [-0.05, 0) is 17.7 Å². The minimum Gasteiger partial charge on any atom is -0.435 e. The van der Waals surface area contributed by atoms with Gasteiger partial charge in [0.05, 0.1) is 6.04 Å². The lowest BCUT2D eigenvalue weighted by atomic mass is 10.0. The SMILES string of the molecule is Cl.Cl.FC(F)Oc1ccc([C@H](C(F)F)N2CCNCC2)cc1. The number of rotatable bonds is 5. The highest BCUT2D eigenvalue weighted by Crippen LogP contribution is 2.29. The summed E-state index contributed by atoms with van der Waals surface area (Å²) in [5, 5.41) is 3.10. The van der Waals surface area contributed by atoms with Gasteiger partial charge in [0, 0.05) is 26.2 Å². The molecule has 0 aromatic heterocycles. The third-order valence-corrected chi connectivity index (χ3v) is 3.23. The summed E-state index contributed by atoms with van der Waals surface area (Å²) in [4.78, 5) is 1.70. The van der Waals surface area contributed by atoms with Gasteiger partial charge >= 0.3 is 6.61 Å². The van der Waals surface area contributed by atoms with Crippen molar-refractivity contribution in [1.29, 1.82) is 0 Å². The highest BCUT2D eigenvalue weighted by Gasteiger charge is 2.30. The number of halogens is 6. The van der Waals surface area contributed by atoms with E-state index in [2.05, 4.69) is 10.1 Å². The fourth-order valence-corrected chi connectivity index (χ4v) is 2.32. The van der Waals surface area contributed by atoms with Crippen molar-refractivity contribution in [2.45, 2.75) is 19.1 Å². The first-order chi connectivity index (χ1) is 9.58. The molecule has 1 N–H and O–H groups in total. The minimum atomic E-state index is -2.92.